The average molecular weight is 266 g/mol. The van der Waals surface area contributed by atoms with Gasteiger partial charge < -0.3 is 4.98 Å². The summed E-state index contributed by atoms with van der Waals surface area (Å²) in [5.74, 6) is 0. The van der Waals surface area contributed by atoms with Crippen LogP contribution in [0.4, 0.5) is 0 Å². The summed E-state index contributed by atoms with van der Waals surface area (Å²) in [6, 6.07) is 3.57. The molecule has 0 spiro atoms. The van der Waals surface area contributed by atoms with E-state index in [1.54, 1.807) is 6.07 Å². The molecule has 2 aromatic rings. The van der Waals surface area contributed by atoms with E-state index in [2.05, 4.69) is 25.9 Å². The Balaban J connectivity index is 2.89. The molecule has 12 heavy (non-hydrogen) atoms. The van der Waals surface area contributed by atoms with Gasteiger partial charge in [0.2, 0.25) is 0 Å². The Bertz CT molecular complexity index is 438. The predicted molar refractivity (Wildman–Crippen MR) is 53.8 cm³/mol. The van der Waals surface area contributed by atoms with Crippen molar-refractivity contribution < 1.29 is 0 Å². The van der Waals surface area contributed by atoms with Crippen LogP contribution in [0, 0.1) is 0 Å². The molecule has 0 atom stereocenters. The summed E-state index contributed by atoms with van der Waals surface area (Å²) >= 11 is 14.9. The van der Waals surface area contributed by atoms with Gasteiger partial charge in [0.05, 0.1) is 15.6 Å². The third-order valence-corrected chi connectivity index (χ3v) is 2.69. The van der Waals surface area contributed by atoms with Crippen LogP contribution in [-0.2, 0) is 0 Å². The molecule has 0 aliphatic carbocycles. The number of aromatic nitrogens is 2. The molecule has 0 amide bonds. The SMILES string of the molecule is Clc1ccc2[nH]c(Br)nc2c1Cl. The molecule has 0 saturated heterocycles. The molecule has 1 heterocycles. The molecule has 0 fully saturated rings. The van der Waals surface area contributed by atoms with Crippen molar-refractivity contribution in [3.8, 4) is 0 Å². The van der Waals surface area contributed by atoms with E-state index in [9.17, 15) is 0 Å². The molecule has 2 nitrogen and oxygen atoms in total. The largest absolute Gasteiger partial charge is 0.332 e. The van der Waals surface area contributed by atoms with Crippen molar-refractivity contribution in [2.45, 2.75) is 0 Å². The molecule has 1 aromatic heterocycles. The van der Waals surface area contributed by atoms with Crippen molar-refractivity contribution in [3.63, 3.8) is 0 Å². The highest BCUT2D eigenvalue weighted by Gasteiger charge is 2.07. The lowest BCUT2D eigenvalue weighted by atomic mass is 10.3. The van der Waals surface area contributed by atoms with E-state index in [0.29, 0.717) is 20.3 Å². The molecule has 1 N–H and O–H groups in total. The number of imidazole rings is 1. The summed E-state index contributed by atoms with van der Waals surface area (Å²) in [6.07, 6.45) is 0. The first kappa shape index (κ1) is 8.35. The van der Waals surface area contributed by atoms with Gasteiger partial charge in [-0.25, -0.2) is 4.98 Å². The molecule has 0 saturated carbocycles. The number of benzene rings is 1. The van der Waals surface area contributed by atoms with Crippen molar-refractivity contribution in [1.82, 2.24) is 9.97 Å². The highest BCUT2D eigenvalue weighted by Crippen LogP contribution is 2.29. The normalized spacial score (nSPS) is 10.9. The number of nitrogens with one attached hydrogen (secondary N) is 1. The number of fused-ring (bicyclic) bond motifs is 1. The Labute approximate surface area is 87.0 Å². The Morgan fingerprint density at radius 3 is 2.83 bits per heavy atom. The van der Waals surface area contributed by atoms with Crippen molar-refractivity contribution in [3.05, 3.63) is 26.9 Å². The maximum absolute atomic E-state index is 5.90. The summed E-state index contributed by atoms with van der Waals surface area (Å²) in [5, 5.41) is 0.999. The Kier molecular flexibility index (Phi) is 2.02. The van der Waals surface area contributed by atoms with Gasteiger partial charge in [0.1, 0.15) is 5.52 Å². The van der Waals surface area contributed by atoms with Crippen molar-refractivity contribution in [1.29, 1.82) is 0 Å². The first-order valence-electron chi connectivity index (χ1n) is 3.17. The van der Waals surface area contributed by atoms with Gasteiger partial charge in [-0.1, -0.05) is 23.2 Å². The predicted octanol–water partition coefficient (Wildman–Crippen LogP) is 3.63. The number of aromatic amines is 1. The van der Waals surface area contributed by atoms with Gasteiger partial charge in [0.15, 0.2) is 4.73 Å². The van der Waals surface area contributed by atoms with Crippen molar-refractivity contribution >= 4 is 50.2 Å². The van der Waals surface area contributed by atoms with E-state index in [1.165, 1.54) is 0 Å². The molecule has 0 radical (unpaired) electrons. The van der Waals surface area contributed by atoms with Crippen LogP contribution in [0.2, 0.25) is 10.0 Å². The molecule has 0 unspecified atom stereocenters. The fraction of sp³-hybridized carbons (Fsp3) is 0. The van der Waals surface area contributed by atoms with Crippen LogP contribution in [0.5, 0.6) is 0 Å². The molecule has 5 heteroatoms. The number of hydrogen-bond donors (Lipinski definition) is 1. The maximum atomic E-state index is 5.90. The van der Waals surface area contributed by atoms with Gasteiger partial charge in [0, 0.05) is 0 Å². The van der Waals surface area contributed by atoms with Gasteiger partial charge in [-0.15, -0.1) is 0 Å². The molecule has 0 aliphatic heterocycles. The fourth-order valence-electron chi connectivity index (χ4n) is 0.987. The lowest BCUT2D eigenvalue weighted by molar-refractivity contribution is 1.27. The van der Waals surface area contributed by atoms with Crippen LogP contribution in [0.15, 0.2) is 16.9 Å². The molecule has 0 bridgehead atoms. The molecule has 0 aliphatic rings. The van der Waals surface area contributed by atoms with Crippen LogP contribution in [-0.4, -0.2) is 9.97 Å². The Hall–Kier alpha value is -0.250. The zero-order valence-electron chi connectivity index (χ0n) is 5.74. The van der Waals surface area contributed by atoms with Crippen LogP contribution < -0.4 is 0 Å². The van der Waals surface area contributed by atoms with Gasteiger partial charge >= 0.3 is 0 Å². The minimum absolute atomic E-state index is 0.483. The first-order valence-corrected chi connectivity index (χ1v) is 4.72. The van der Waals surface area contributed by atoms with Crippen molar-refractivity contribution in [2.75, 3.05) is 0 Å². The second-order valence-corrected chi connectivity index (χ2v) is 3.82. The van der Waals surface area contributed by atoms with Crippen LogP contribution in [0.25, 0.3) is 11.0 Å². The molecular weight excluding hydrogens is 263 g/mol. The highest BCUT2D eigenvalue weighted by atomic mass is 79.9. The quantitative estimate of drug-likeness (QED) is 0.774. The van der Waals surface area contributed by atoms with E-state index in [1.807, 2.05) is 6.07 Å². The zero-order chi connectivity index (χ0) is 8.72. The van der Waals surface area contributed by atoms with Gasteiger partial charge in [-0.05, 0) is 28.1 Å². The number of rotatable bonds is 0. The lowest BCUT2D eigenvalue weighted by Crippen LogP contribution is -1.72. The Morgan fingerprint density at radius 2 is 2.08 bits per heavy atom. The standard InChI is InChI=1S/C7H3BrCl2N2/c8-7-11-4-2-1-3(9)5(10)6(4)12-7/h1-2H,(H,11,12). The van der Waals surface area contributed by atoms with E-state index in [0.717, 1.165) is 5.52 Å². The van der Waals surface area contributed by atoms with Crippen LogP contribution in [0.1, 0.15) is 0 Å². The Morgan fingerprint density at radius 1 is 1.33 bits per heavy atom. The molecular formula is C7H3BrCl2N2. The van der Waals surface area contributed by atoms with Gasteiger partial charge in [-0.3, -0.25) is 0 Å². The number of H-pyrrole nitrogens is 1. The molecule has 62 valence electrons. The lowest BCUT2D eigenvalue weighted by Gasteiger charge is -1.93. The zero-order valence-corrected chi connectivity index (χ0v) is 8.83. The van der Waals surface area contributed by atoms with E-state index in [4.69, 9.17) is 23.2 Å². The molecule has 2 rings (SSSR count). The van der Waals surface area contributed by atoms with Gasteiger partial charge in [0.25, 0.3) is 0 Å². The average Bonchev–Trinajstić information content (AvgIpc) is 2.39. The van der Waals surface area contributed by atoms with Crippen LogP contribution >= 0.6 is 39.1 Å². The second kappa shape index (κ2) is 2.91. The number of hydrogen-bond acceptors (Lipinski definition) is 1. The van der Waals surface area contributed by atoms with Crippen molar-refractivity contribution in [2.24, 2.45) is 0 Å². The fourth-order valence-corrected chi connectivity index (χ4v) is 1.74. The third kappa shape index (κ3) is 1.22. The van der Waals surface area contributed by atoms with Gasteiger partial charge in [-0.2, -0.15) is 0 Å². The summed E-state index contributed by atoms with van der Waals surface area (Å²) in [6.45, 7) is 0. The second-order valence-electron chi connectivity index (χ2n) is 2.29. The number of halogens is 3. The van der Waals surface area contributed by atoms with E-state index >= 15 is 0 Å². The summed E-state index contributed by atoms with van der Waals surface area (Å²) in [5.41, 5.74) is 1.56. The topological polar surface area (TPSA) is 28.7 Å². The summed E-state index contributed by atoms with van der Waals surface area (Å²) < 4.78 is 0.654. The maximum Gasteiger partial charge on any atom is 0.175 e. The molecule has 1 aromatic carbocycles. The minimum atomic E-state index is 0.483. The van der Waals surface area contributed by atoms with Crippen LogP contribution in [0.3, 0.4) is 0 Å². The van der Waals surface area contributed by atoms with E-state index < -0.39 is 0 Å². The monoisotopic (exact) mass is 264 g/mol. The smallest absolute Gasteiger partial charge is 0.175 e. The highest BCUT2D eigenvalue weighted by molar-refractivity contribution is 9.10. The summed E-state index contributed by atoms with van der Waals surface area (Å²) in [4.78, 5) is 7.11. The van der Waals surface area contributed by atoms with E-state index in [-0.39, 0.29) is 0 Å². The summed E-state index contributed by atoms with van der Waals surface area (Å²) in [7, 11) is 0. The number of nitrogens with zero attached hydrogens (tertiary/aromatic N) is 1. The third-order valence-electron chi connectivity index (χ3n) is 1.52. The first-order chi connectivity index (χ1) is 5.68. The minimum Gasteiger partial charge on any atom is -0.332 e.